The Morgan fingerprint density at radius 1 is 1.00 bits per heavy atom. The zero-order valence-corrected chi connectivity index (χ0v) is 19.7. The van der Waals surface area contributed by atoms with Gasteiger partial charge in [-0.15, -0.1) is 0 Å². The number of aromatic hydroxyl groups is 1. The predicted molar refractivity (Wildman–Crippen MR) is 131 cm³/mol. The molecule has 0 fully saturated rings. The molecule has 0 bridgehead atoms. The van der Waals surface area contributed by atoms with Gasteiger partial charge in [-0.3, -0.25) is 4.72 Å². The number of anilines is 1. The molecule has 0 aliphatic heterocycles. The first-order valence-electron chi connectivity index (χ1n) is 10.5. The molecule has 0 amide bonds. The molecule has 0 saturated carbocycles. The van der Waals surface area contributed by atoms with Gasteiger partial charge in [-0.1, -0.05) is 18.2 Å². The molecule has 178 valence electrons. The highest BCUT2D eigenvalue weighted by Gasteiger charge is 2.19. The second-order valence-corrected chi connectivity index (χ2v) is 9.78. The van der Waals surface area contributed by atoms with Crippen molar-refractivity contribution in [2.45, 2.75) is 17.4 Å². The summed E-state index contributed by atoms with van der Waals surface area (Å²) < 4.78 is 41.9. The summed E-state index contributed by atoms with van der Waals surface area (Å²) in [5.41, 5.74) is 2.39. The van der Waals surface area contributed by atoms with Crippen LogP contribution >= 0.6 is 11.7 Å². The first-order chi connectivity index (χ1) is 16.4. The Balaban J connectivity index is 1.22. The number of sulfonamides is 1. The Labute approximate surface area is 201 Å². The molecular weight excluding hydrogens is 476 g/mol. The molecule has 0 aliphatic carbocycles. The summed E-state index contributed by atoms with van der Waals surface area (Å²) in [4.78, 5) is 0.0972. The lowest BCUT2D eigenvalue weighted by Crippen LogP contribution is -2.32. The number of rotatable bonds is 11. The van der Waals surface area contributed by atoms with Crippen LogP contribution in [0, 0.1) is 0 Å². The first kappa shape index (κ1) is 23.9. The zero-order chi connectivity index (χ0) is 24.0. The Morgan fingerprint density at radius 3 is 2.53 bits per heavy atom. The number of hydrogen-bond donors (Lipinski definition) is 4. The van der Waals surface area contributed by atoms with Gasteiger partial charge in [0.25, 0.3) is 10.0 Å². The minimum absolute atomic E-state index is 0.0972. The molecule has 4 aromatic rings. The lowest BCUT2D eigenvalue weighted by molar-refractivity contribution is 0.106. The number of phenols is 1. The van der Waals surface area contributed by atoms with E-state index in [4.69, 9.17) is 4.74 Å². The second kappa shape index (κ2) is 10.8. The molecule has 4 N–H and O–H groups in total. The lowest BCUT2D eigenvalue weighted by Gasteiger charge is -2.13. The minimum atomic E-state index is -3.79. The van der Waals surface area contributed by atoms with E-state index in [0.29, 0.717) is 42.0 Å². The van der Waals surface area contributed by atoms with E-state index in [0.717, 1.165) is 17.3 Å². The van der Waals surface area contributed by atoms with E-state index >= 15 is 0 Å². The first-order valence-corrected chi connectivity index (χ1v) is 12.8. The van der Waals surface area contributed by atoms with Gasteiger partial charge in [0.2, 0.25) is 0 Å². The van der Waals surface area contributed by atoms with E-state index in [9.17, 15) is 18.6 Å². The Bertz CT molecular complexity index is 1330. The van der Waals surface area contributed by atoms with Crippen molar-refractivity contribution in [1.82, 2.24) is 14.1 Å². The maximum atomic E-state index is 12.8. The van der Waals surface area contributed by atoms with Gasteiger partial charge in [0.15, 0.2) is 0 Å². The van der Waals surface area contributed by atoms with Crippen LogP contribution in [0.2, 0.25) is 0 Å². The van der Waals surface area contributed by atoms with Gasteiger partial charge in [-0.2, -0.15) is 8.75 Å². The van der Waals surface area contributed by atoms with Crippen LogP contribution in [0.3, 0.4) is 0 Å². The highest BCUT2D eigenvalue weighted by molar-refractivity contribution is 7.93. The van der Waals surface area contributed by atoms with Crippen LogP contribution in [0.5, 0.6) is 11.5 Å². The number of hydrogen-bond acceptors (Lipinski definition) is 9. The van der Waals surface area contributed by atoms with Crippen molar-refractivity contribution in [3.8, 4) is 11.5 Å². The minimum Gasteiger partial charge on any atom is -0.508 e. The molecule has 0 spiro atoms. The zero-order valence-electron chi connectivity index (χ0n) is 18.1. The predicted octanol–water partition coefficient (Wildman–Crippen LogP) is 2.77. The highest BCUT2D eigenvalue weighted by Crippen LogP contribution is 2.23. The van der Waals surface area contributed by atoms with Crippen molar-refractivity contribution in [2.75, 3.05) is 24.4 Å². The molecule has 0 saturated heterocycles. The summed E-state index contributed by atoms with van der Waals surface area (Å²) in [5, 5.41) is 22.5. The molecular formula is C23H24N4O5S2. The third kappa shape index (κ3) is 6.20. The van der Waals surface area contributed by atoms with E-state index in [-0.39, 0.29) is 17.3 Å². The summed E-state index contributed by atoms with van der Waals surface area (Å²) in [7, 11) is -3.79. The van der Waals surface area contributed by atoms with Crippen LogP contribution < -0.4 is 14.8 Å². The van der Waals surface area contributed by atoms with Gasteiger partial charge in [0, 0.05) is 12.2 Å². The van der Waals surface area contributed by atoms with Crippen molar-refractivity contribution in [3.63, 3.8) is 0 Å². The Kier molecular flexibility index (Phi) is 7.58. The number of fused-ring (bicyclic) bond motifs is 1. The Hall–Kier alpha value is -3.25. The number of benzene rings is 3. The third-order valence-corrected chi connectivity index (χ3v) is 6.95. The SMILES string of the molecule is O=S(=O)(Nc1ccc(CCNC[C@H](O)COc2ccc(O)cc2)cc1)c1cccc2nsnc12. The van der Waals surface area contributed by atoms with Gasteiger partial charge in [0.1, 0.15) is 40.1 Å². The molecule has 3 aromatic carbocycles. The quantitative estimate of drug-likeness (QED) is 0.231. The molecule has 9 nitrogen and oxygen atoms in total. The van der Waals surface area contributed by atoms with Crippen LogP contribution in [0.15, 0.2) is 71.6 Å². The monoisotopic (exact) mass is 500 g/mol. The molecule has 1 heterocycles. The fourth-order valence-electron chi connectivity index (χ4n) is 3.24. The summed E-state index contributed by atoms with van der Waals surface area (Å²) in [6, 6.07) is 18.3. The molecule has 11 heteroatoms. The van der Waals surface area contributed by atoms with E-state index in [1.807, 2.05) is 12.1 Å². The van der Waals surface area contributed by atoms with E-state index < -0.39 is 16.1 Å². The standard InChI is InChI=1S/C23H24N4O5S2/c28-18-8-10-20(11-9-18)32-15-19(29)14-24-13-12-16-4-6-17(7-5-16)27-34(30,31)22-3-1-2-21-23(22)26-33-25-21/h1-11,19,24,27-29H,12-15H2/t19-/m0/s1. The van der Waals surface area contributed by atoms with Crippen LogP contribution in [-0.4, -0.2) is 53.2 Å². The Morgan fingerprint density at radius 2 is 1.76 bits per heavy atom. The maximum absolute atomic E-state index is 12.8. The summed E-state index contributed by atoms with van der Waals surface area (Å²) in [5.74, 6) is 0.735. The van der Waals surface area contributed by atoms with Crippen molar-refractivity contribution in [1.29, 1.82) is 0 Å². The largest absolute Gasteiger partial charge is 0.508 e. The number of ether oxygens (including phenoxy) is 1. The van der Waals surface area contributed by atoms with Crippen LogP contribution in [0.25, 0.3) is 11.0 Å². The third-order valence-electron chi connectivity index (χ3n) is 4.99. The molecule has 0 unspecified atom stereocenters. The van der Waals surface area contributed by atoms with E-state index in [1.54, 1.807) is 36.4 Å². The average molecular weight is 501 g/mol. The van der Waals surface area contributed by atoms with Crippen molar-refractivity contribution >= 4 is 38.5 Å². The molecule has 1 atom stereocenters. The van der Waals surface area contributed by atoms with Gasteiger partial charge in [-0.05, 0) is 67.1 Å². The van der Waals surface area contributed by atoms with Crippen LogP contribution in [0.4, 0.5) is 5.69 Å². The molecule has 1 aromatic heterocycles. The fourth-order valence-corrected chi connectivity index (χ4v) is 5.07. The molecule has 0 radical (unpaired) electrons. The number of nitrogens with zero attached hydrogens (tertiary/aromatic N) is 2. The van der Waals surface area contributed by atoms with Gasteiger partial charge in [0.05, 0.1) is 11.7 Å². The number of nitrogens with one attached hydrogen (secondary N) is 2. The molecule has 0 aliphatic rings. The van der Waals surface area contributed by atoms with Crippen molar-refractivity contribution in [2.24, 2.45) is 0 Å². The van der Waals surface area contributed by atoms with Crippen molar-refractivity contribution in [3.05, 3.63) is 72.3 Å². The molecule has 4 rings (SSSR count). The van der Waals surface area contributed by atoms with E-state index in [1.165, 1.54) is 18.2 Å². The normalized spacial score (nSPS) is 12.5. The summed E-state index contributed by atoms with van der Waals surface area (Å²) in [6.45, 7) is 1.14. The summed E-state index contributed by atoms with van der Waals surface area (Å²) in [6.07, 6.45) is 0.0329. The fraction of sp³-hybridized carbons (Fsp3) is 0.217. The number of phenolic OH excluding ortho intramolecular Hbond substituents is 1. The molecule has 34 heavy (non-hydrogen) atoms. The lowest BCUT2D eigenvalue weighted by atomic mass is 10.1. The topological polar surface area (TPSA) is 134 Å². The summed E-state index contributed by atoms with van der Waals surface area (Å²) >= 11 is 0.975. The average Bonchev–Trinajstić information content (AvgIpc) is 3.31. The van der Waals surface area contributed by atoms with Crippen LogP contribution in [-0.2, 0) is 16.4 Å². The van der Waals surface area contributed by atoms with Crippen molar-refractivity contribution < 1.29 is 23.4 Å². The smallest absolute Gasteiger partial charge is 0.264 e. The number of aromatic nitrogens is 2. The van der Waals surface area contributed by atoms with Crippen LogP contribution in [0.1, 0.15) is 5.56 Å². The number of aliphatic hydroxyl groups is 1. The highest BCUT2D eigenvalue weighted by atomic mass is 32.2. The number of aliphatic hydroxyl groups excluding tert-OH is 1. The van der Waals surface area contributed by atoms with E-state index in [2.05, 4.69) is 18.8 Å². The van der Waals surface area contributed by atoms with Gasteiger partial charge < -0.3 is 20.3 Å². The van der Waals surface area contributed by atoms with Gasteiger partial charge in [-0.25, -0.2) is 8.42 Å². The van der Waals surface area contributed by atoms with Gasteiger partial charge >= 0.3 is 0 Å². The second-order valence-electron chi connectivity index (χ2n) is 7.60. The maximum Gasteiger partial charge on any atom is 0.264 e.